The fourth-order valence-corrected chi connectivity index (χ4v) is 3.70. The quantitative estimate of drug-likeness (QED) is 0.273. The molecule has 4 aromatic rings. The molecule has 0 spiro atoms. The van der Waals surface area contributed by atoms with E-state index < -0.39 is 11.8 Å². The lowest BCUT2D eigenvalue weighted by Crippen LogP contribution is -2.37. The molecule has 0 bridgehead atoms. The predicted molar refractivity (Wildman–Crippen MR) is 133 cm³/mol. The SMILES string of the molecule is O=C(NNc1ccnc2cc(Cl)ccc12)/C(=C\c1ccc2c(c1)OCO2)NC(=O)c1ccccc1. The summed E-state index contributed by atoms with van der Waals surface area (Å²) in [6.07, 6.45) is 3.16. The monoisotopic (exact) mass is 486 g/mol. The largest absolute Gasteiger partial charge is 0.454 e. The topological polar surface area (TPSA) is 102 Å². The second kappa shape index (κ2) is 9.74. The van der Waals surface area contributed by atoms with Crippen LogP contribution in [0.4, 0.5) is 5.69 Å². The van der Waals surface area contributed by atoms with Crippen molar-refractivity contribution in [1.29, 1.82) is 0 Å². The molecule has 9 heteroatoms. The number of nitrogens with zero attached hydrogens (tertiary/aromatic N) is 1. The molecule has 0 saturated carbocycles. The van der Waals surface area contributed by atoms with Gasteiger partial charge < -0.3 is 14.8 Å². The van der Waals surface area contributed by atoms with E-state index in [2.05, 4.69) is 21.2 Å². The van der Waals surface area contributed by atoms with Crippen LogP contribution in [0.25, 0.3) is 17.0 Å². The van der Waals surface area contributed by atoms with Crippen molar-refractivity contribution in [2.45, 2.75) is 0 Å². The normalized spacial score (nSPS) is 12.3. The number of hydrogen-bond acceptors (Lipinski definition) is 6. The summed E-state index contributed by atoms with van der Waals surface area (Å²) in [5, 5.41) is 4.03. The van der Waals surface area contributed by atoms with Gasteiger partial charge in [-0.25, -0.2) is 0 Å². The third kappa shape index (κ3) is 5.02. The number of aromatic nitrogens is 1. The highest BCUT2D eigenvalue weighted by atomic mass is 35.5. The van der Waals surface area contributed by atoms with E-state index in [4.69, 9.17) is 21.1 Å². The Kier molecular flexibility index (Phi) is 6.19. The molecule has 0 saturated heterocycles. The van der Waals surface area contributed by atoms with Gasteiger partial charge in [0.05, 0.1) is 11.2 Å². The number of carbonyl (C=O) groups excluding carboxylic acids is 2. The molecule has 2 heterocycles. The van der Waals surface area contributed by atoms with Crippen molar-refractivity contribution in [2.24, 2.45) is 0 Å². The van der Waals surface area contributed by atoms with Crippen molar-refractivity contribution in [1.82, 2.24) is 15.7 Å². The lowest BCUT2D eigenvalue weighted by Gasteiger charge is -2.14. The molecule has 0 radical (unpaired) electrons. The molecule has 35 heavy (non-hydrogen) atoms. The van der Waals surface area contributed by atoms with E-state index >= 15 is 0 Å². The van der Waals surface area contributed by atoms with Crippen LogP contribution in [-0.4, -0.2) is 23.6 Å². The molecule has 0 fully saturated rings. The van der Waals surface area contributed by atoms with Crippen LogP contribution in [0, 0.1) is 0 Å². The van der Waals surface area contributed by atoms with Gasteiger partial charge >= 0.3 is 0 Å². The molecule has 0 aliphatic carbocycles. The van der Waals surface area contributed by atoms with Gasteiger partial charge in [0, 0.05) is 22.2 Å². The molecule has 3 aromatic carbocycles. The minimum Gasteiger partial charge on any atom is -0.454 e. The molecular weight excluding hydrogens is 468 g/mol. The van der Waals surface area contributed by atoms with Gasteiger partial charge in [0.15, 0.2) is 11.5 Å². The number of pyridine rings is 1. The van der Waals surface area contributed by atoms with Gasteiger partial charge in [0.25, 0.3) is 11.8 Å². The summed E-state index contributed by atoms with van der Waals surface area (Å²) in [5.74, 6) is 0.211. The number of amides is 2. The third-order valence-electron chi connectivity index (χ3n) is 5.25. The molecule has 0 unspecified atom stereocenters. The number of hydrogen-bond donors (Lipinski definition) is 3. The van der Waals surface area contributed by atoms with Gasteiger partial charge in [0.1, 0.15) is 5.70 Å². The number of halogens is 1. The van der Waals surface area contributed by atoms with Gasteiger partial charge in [-0.3, -0.25) is 25.4 Å². The average Bonchev–Trinajstić information content (AvgIpc) is 3.35. The van der Waals surface area contributed by atoms with E-state index in [-0.39, 0.29) is 12.5 Å². The van der Waals surface area contributed by atoms with Gasteiger partial charge in [-0.05, 0) is 60.2 Å². The standard InChI is InChI=1S/C26H19ClN4O4/c27-18-7-8-19-20(10-11-28-21(19)14-18)30-31-26(33)22(29-25(32)17-4-2-1-3-5-17)12-16-6-9-23-24(13-16)35-15-34-23/h1-14H,15H2,(H,28,30)(H,29,32)(H,31,33)/b22-12+. The highest BCUT2D eigenvalue weighted by Crippen LogP contribution is 2.33. The zero-order chi connectivity index (χ0) is 24.2. The van der Waals surface area contributed by atoms with Crippen molar-refractivity contribution < 1.29 is 19.1 Å². The van der Waals surface area contributed by atoms with Crippen LogP contribution in [-0.2, 0) is 4.79 Å². The van der Waals surface area contributed by atoms with Crippen molar-refractivity contribution >= 4 is 46.1 Å². The Hall–Kier alpha value is -4.56. The summed E-state index contributed by atoms with van der Waals surface area (Å²) in [6.45, 7) is 0.135. The molecule has 174 valence electrons. The van der Waals surface area contributed by atoms with E-state index in [1.165, 1.54) is 0 Å². The Morgan fingerprint density at radius 3 is 2.63 bits per heavy atom. The molecule has 5 rings (SSSR count). The highest BCUT2D eigenvalue weighted by Gasteiger charge is 2.17. The smallest absolute Gasteiger partial charge is 0.286 e. The van der Waals surface area contributed by atoms with E-state index in [1.54, 1.807) is 79.0 Å². The molecule has 0 atom stereocenters. The molecule has 1 aromatic heterocycles. The van der Waals surface area contributed by atoms with E-state index in [0.717, 1.165) is 5.39 Å². The summed E-state index contributed by atoms with van der Waals surface area (Å²) in [5.41, 5.74) is 7.95. The van der Waals surface area contributed by atoms with Crippen LogP contribution < -0.4 is 25.6 Å². The van der Waals surface area contributed by atoms with Crippen LogP contribution in [0.2, 0.25) is 5.02 Å². The number of fused-ring (bicyclic) bond motifs is 2. The lowest BCUT2D eigenvalue weighted by atomic mass is 10.1. The lowest BCUT2D eigenvalue weighted by molar-refractivity contribution is -0.117. The van der Waals surface area contributed by atoms with Crippen molar-refractivity contribution in [2.75, 3.05) is 12.2 Å². The first-order chi connectivity index (χ1) is 17.1. The van der Waals surface area contributed by atoms with Crippen LogP contribution in [0.3, 0.4) is 0 Å². The molecule has 1 aliphatic rings. The first-order valence-electron chi connectivity index (χ1n) is 10.7. The zero-order valence-electron chi connectivity index (χ0n) is 18.2. The third-order valence-corrected chi connectivity index (χ3v) is 5.49. The number of anilines is 1. The van der Waals surface area contributed by atoms with Crippen LogP contribution in [0.15, 0.2) is 84.7 Å². The number of hydrazine groups is 1. The van der Waals surface area contributed by atoms with E-state index in [9.17, 15) is 9.59 Å². The van der Waals surface area contributed by atoms with E-state index in [0.29, 0.717) is 38.9 Å². The van der Waals surface area contributed by atoms with Crippen molar-refractivity contribution in [3.8, 4) is 11.5 Å². The van der Waals surface area contributed by atoms with Gasteiger partial charge in [0.2, 0.25) is 6.79 Å². The molecule has 1 aliphatic heterocycles. The number of benzene rings is 3. The predicted octanol–water partition coefficient (Wildman–Crippen LogP) is 4.53. The first kappa shape index (κ1) is 22.2. The van der Waals surface area contributed by atoms with Gasteiger partial charge in [-0.1, -0.05) is 35.9 Å². The number of nitrogens with one attached hydrogen (secondary N) is 3. The maximum absolute atomic E-state index is 13.2. The number of ether oxygens (including phenoxy) is 2. The first-order valence-corrected chi connectivity index (χ1v) is 11.0. The molecular formula is C26H19ClN4O4. The molecule has 2 amide bonds. The molecule has 3 N–H and O–H groups in total. The maximum atomic E-state index is 13.2. The Morgan fingerprint density at radius 2 is 1.77 bits per heavy atom. The van der Waals surface area contributed by atoms with Crippen LogP contribution in [0.5, 0.6) is 11.5 Å². The fourth-order valence-electron chi connectivity index (χ4n) is 3.53. The Morgan fingerprint density at radius 1 is 0.943 bits per heavy atom. The summed E-state index contributed by atoms with van der Waals surface area (Å²) in [7, 11) is 0. The van der Waals surface area contributed by atoms with E-state index in [1.807, 2.05) is 6.07 Å². The maximum Gasteiger partial charge on any atom is 0.286 e. The Labute approximate surface area is 205 Å². The summed E-state index contributed by atoms with van der Waals surface area (Å²) < 4.78 is 10.8. The van der Waals surface area contributed by atoms with Crippen LogP contribution >= 0.6 is 11.6 Å². The zero-order valence-corrected chi connectivity index (χ0v) is 19.0. The summed E-state index contributed by atoms with van der Waals surface area (Å²) >= 11 is 6.06. The Balaban J connectivity index is 1.41. The fraction of sp³-hybridized carbons (Fsp3) is 0.0385. The molecule has 8 nitrogen and oxygen atoms in total. The van der Waals surface area contributed by atoms with Crippen molar-refractivity contribution in [3.05, 3.63) is 101 Å². The van der Waals surface area contributed by atoms with Crippen LogP contribution in [0.1, 0.15) is 15.9 Å². The summed E-state index contributed by atoms with van der Waals surface area (Å²) in [4.78, 5) is 30.3. The van der Waals surface area contributed by atoms with Crippen molar-refractivity contribution in [3.63, 3.8) is 0 Å². The minimum absolute atomic E-state index is 0.0339. The van der Waals surface area contributed by atoms with Gasteiger partial charge in [-0.15, -0.1) is 0 Å². The van der Waals surface area contributed by atoms with Gasteiger partial charge in [-0.2, -0.15) is 0 Å². The second-order valence-electron chi connectivity index (χ2n) is 7.59. The summed E-state index contributed by atoms with van der Waals surface area (Å²) in [6, 6.07) is 20.9. The number of rotatable bonds is 6. The Bertz CT molecular complexity index is 1460. The minimum atomic E-state index is -0.550. The number of carbonyl (C=O) groups is 2. The highest BCUT2D eigenvalue weighted by molar-refractivity contribution is 6.31. The average molecular weight is 487 g/mol. The second-order valence-corrected chi connectivity index (χ2v) is 8.03.